The Kier molecular flexibility index (Phi) is 5.62. The minimum Gasteiger partial charge on any atom is -0.459 e. The number of benzene rings is 2. The second-order valence-electron chi connectivity index (χ2n) is 6.16. The first-order valence-electron chi connectivity index (χ1n) is 8.43. The Morgan fingerprint density at radius 2 is 1.81 bits per heavy atom. The maximum Gasteiger partial charge on any atom is 0.291 e. The van der Waals surface area contributed by atoms with Gasteiger partial charge in [0, 0.05) is 23.3 Å². The van der Waals surface area contributed by atoms with Gasteiger partial charge in [0.15, 0.2) is 5.76 Å². The molecule has 1 N–H and O–H groups in total. The van der Waals surface area contributed by atoms with E-state index in [9.17, 15) is 9.59 Å². The highest BCUT2D eigenvalue weighted by atomic mass is 35.5. The van der Waals surface area contributed by atoms with Crippen molar-refractivity contribution in [1.29, 1.82) is 0 Å². The largest absolute Gasteiger partial charge is 0.459 e. The Labute approximate surface area is 162 Å². The van der Waals surface area contributed by atoms with Crippen molar-refractivity contribution in [3.8, 4) is 0 Å². The van der Waals surface area contributed by atoms with E-state index in [1.54, 1.807) is 54.4 Å². The third-order valence-corrected chi connectivity index (χ3v) is 4.60. The van der Waals surface area contributed by atoms with Crippen LogP contribution in [-0.2, 0) is 0 Å². The number of furan rings is 1. The van der Waals surface area contributed by atoms with Gasteiger partial charge in [-0.2, -0.15) is 0 Å². The van der Waals surface area contributed by atoms with E-state index >= 15 is 0 Å². The van der Waals surface area contributed by atoms with Crippen molar-refractivity contribution in [2.24, 2.45) is 0 Å². The molecule has 2 amide bonds. The molecule has 1 aromatic heterocycles. The highest BCUT2D eigenvalue weighted by Gasteiger charge is 2.19. The van der Waals surface area contributed by atoms with Crippen molar-refractivity contribution in [3.63, 3.8) is 0 Å². The van der Waals surface area contributed by atoms with Crippen LogP contribution in [0.4, 0.5) is 5.69 Å². The molecule has 138 valence electrons. The van der Waals surface area contributed by atoms with Crippen LogP contribution in [0.15, 0.2) is 71.3 Å². The average molecular weight is 383 g/mol. The number of amides is 2. The summed E-state index contributed by atoms with van der Waals surface area (Å²) in [6.45, 7) is 1.95. The van der Waals surface area contributed by atoms with Gasteiger partial charge in [-0.25, -0.2) is 0 Å². The first-order chi connectivity index (χ1) is 13.0. The van der Waals surface area contributed by atoms with Crippen LogP contribution in [0.2, 0.25) is 5.02 Å². The number of carbonyl (C=O) groups is 2. The van der Waals surface area contributed by atoms with Gasteiger partial charge in [-0.05, 0) is 61.0 Å². The van der Waals surface area contributed by atoms with E-state index in [-0.39, 0.29) is 23.6 Å². The van der Waals surface area contributed by atoms with Crippen LogP contribution in [-0.4, -0.2) is 23.8 Å². The summed E-state index contributed by atoms with van der Waals surface area (Å²) in [5.41, 5.74) is 2.07. The summed E-state index contributed by atoms with van der Waals surface area (Å²) in [6, 6.07) is 17.3. The summed E-state index contributed by atoms with van der Waals surface area (Å²) in [5, 5.41) is 3.36. The number of nitrogens with one attached hydrogen (secondary N) is 1. The molecule has 0 saturated carbocycles. The third-order valence-electron chi connectivity index (χ3n) is 4.37. The summed E-state index contributed by atoms with van der Waals surface area (Å²) in [5.74, 6) is -0.234. The fraction of sp³-hybridized carbons (Fsp3) is 0.143. The summed E-state index contributed by atoms with van der Waals surface area (Å²) in [7, 11) is 1.75. The molecule has 6 heteroatoms. The van der Waals surface area contributed by atoms with Crippen molar-refractivity contribution in [1.82, 2.24) is 4.90 Å². The number of halogens is 1. The highest BCUT2D eigenvalue weighted by Crippen LogP contribution is 2.23. The van der Waals surface area contributed by atoms with Crippen LogP contribution in [0, 0.1) is 0 Å². The molecule has 3 aromatic rings. The second kappa shape index (κ2) is 8.10. The zero-order chi connectivity index (χ0) is 19.4. The molecule has 0 aliphatic heterocycles. The molecule has 1 unspecified atom stereocenters. The van der Waals surface area contributed by atoms with Gasteiger partial charge >= 0.3 is 0 Å². The number of rotatable bonds is 5. The predicted molar refractivity (Wildman–Crippen MR) is 105 cm³/mol. The lowest BCUT2D eigenvalue weighted by Crippen LogP contribution is -2.29. The van der Waals surface area contributed by atoms with Crippen molar-refractivity contribution in [3.05, 3.63) is 88.8 Å². The highest BCUT2D eigenvalue weighted by molar-refractivity contribution is 6.30. The summed E-state index contributed by atoms with van der Waals surface area (Å²) in [6.07, 6.45) is 1.44. The molecule has 27 heavy (non-hydrogen) atoms. The molecule has 0 bridgehead atoms. The average Bonchev–Trinajstić information content (AvgIpc) is 3.22. The normalized spacial score (nSPS) is 11.7. The monoisotopic (exact) mass is 382 g/mol. The zero-order valence-corrected chi connectivity index (χ0v) is 15.7. The van der Waals surface area contributed by atoms with Crippen LogP contribution < -0.4 is 5.32 Å². The lowest BCUT2D eigenvalue weighted by molar-refractivity contribution is 0.0742. The van der Waals surface area contributed by atoms with E-state index in [4.69, 9.17) is 16.0 Å². The number of hydrogen-bond donors (Lipinski definition) is 1. The predicted octanol–water partition coefficient (Wildman–Crippen LogP) is 5.02. The van der Waals surface area contributed by atoms with Gasteiger partial charge in [0.05, 0.1) is 12.3 Å². The topological polar surface area (TPSA) is 62.6 Å². The Hall–Kier alpha value is -3.05. The van der Waals surface area contributed by atoms with Gasteiger partial charge < -0.3 is 14.6 Å². The molecule has 1 atom stereocenters. The van der Waals surface area contributed by atoms with E-state index < -0.39 is 0 Å². The molecule has 1 heterocycles. The second-order valence-corrected chi connectivity index (χ2v) is 6.59. The minimum atomic E-state index is -0.342. The van der Waals surface area contributed by atoms with E-state index in [0.717, 1.165) is 5.56 Å². The molecule has 0 fully saturated rings. The number of anilines is 1. The Bertz CT molecular complexity index is 936. The Morgan fingerprint density at radius 3 is 2.44 bits per heavy atom. The molecule has 0 aliphatic rings. The van der Waals surface area contributed by atoms with Crippen LogP contribution in [0.25, 0.3) is 0 Å². The lowest BCUT2D eigenvalue weighted by Gasteiger charge is -2.25. The van der Waals surface area contributed by atoms with E-state index in [2.05, 4.69) is 5.32 Å². The maximum absolute atomic E-state index is 12.8. The zero-order valence-electron chi connectivity index (χ0n) is 15.0. The summed E-state index contributed by atoms with van der Waals surface area (Å²) >= 11 is 6.04. The Balaban J connectivity index is 1.68. The van der Waals surface area contributed by atoms with Gasteiger partial charge in [-0.15, -0.1) is 0 Å². The first-order valence-corrected chi connectivity index (χ1v) is 8.81. The summed E-state index contributed by atoms with van der Waals surface area (Å²) < 4.78 is 5.06. The minimum absolute atomic E-state index is 0.119. The van der Waals surface area contributed by atoms with Crippen LogP contribution in [0.3, 0.4) is 0 Å². The molecule has 0 aliphatic carbocycles. The fourth-order valence-corrected chi connectivity index (χ4v) is 2.86. The van der Waals surface area contributed by atoms with E-state index in [1.165, 1.54) is 6.26 Å². The standard InChI is InChI=1S/C21H19ClN2O3/c1-14(16-5-3-6-17(22)13-16)24(2)21(26)15-8-10-18(11-9-15)23-20(25)19-7-4-12-27-19/h3-14H,1-2H3,(H,23,25). The van der Waals surface area contributed by atoms with Crippen molar-refractivity contribution in [2.45, 2.75) is 13.0 Å². The lowest BCUT2D eigenvalue weighted by atomic mass is 10.1. The van der Waals surface area contributed by atoms with E-state index in [1.807, 2.05) is 25.1 Å². The van der Waals surface area contributed by atoms with Crippen LogP contribution >= 0.6 is 11.6 Å². The van der Waals surface area contributed by atoms with Crippen LogP contribution in [0.1, 0.15) is 39.4 Å². The number of hydrogen-bond acceptors (Lipinski definition) is 3. The van der Waals surface area contributed by atoms with Gasteiger partial charge in [0.2, 0.25) is 0 Å². The van der Waals surface area contributed by atoms with Gasteiger partial charge in [0.1, 0.15) is 0 Å². The Morgan fingerprint density at radius 1 is 1.07 bits per heavy atom. The fourth-order valence-electron chi connectivity index (χ4n) is 2.67. The molecule has 0 saturated heterocycles. The quantitative estimate of drug-likeness (QED) is 0.674. The first kappa shape index (κ1) is 18.7. The van der Waals surface area contributed by atoms with Crippen LogP contribution in [0.5, 0.6) is 0 Å². The summed E-state index contributed by atoms with van der Waals surface area (Å²) in [4.78, 5) is 26.4. The molecule has 3 rings (SSSR count). The molecule has 5 nitrogen and oxygen atoms in total. The maximum atomic E-state index is 12.8. The van der Waals surface area contributed by atoms with Crippen molar-refractivity contribution < 1.29 is 14.0 Å². The van der Waals surface area contributed by atoms with Gasteiger partial charge in [0.25, 0.3) is 11.8 Å². The smallest absolute Gasteiger partial charge is 0.291 e. The van der Waals surface area contributed by atoms with Gasteiger partial charge in [-0.3, -0.25) is 9.59 Å². The number of carbonyl (C=O) groups excluding carboxylic acids is 2. The van der Waals surface area contributed by atoms with Gasteiger partial charge in [-0.1, -0.05) is 23.7 Å². The van der Waals surface area contributed by atoms with Crippen molar-refractivity contribution in [2.75, 3.05) is 12.4 Å². The molecule has 2 aromatic carbocycles. The molecular weight excluding hydrogens is 364 g/mol. The van der Waals surface area contributed by atoms with E-state index in [0.29, 0.717) is 16.3 Å². The molecular formula is C21H19ClN2O3. The van der Waals surface area contributed by atoms with Crippen molar-refractivity contribution >= 4 is 29.1 Å². The SMILES string of the molecule is CC(c1cccc(Cl)c1)N(C)C(=O)c1ccc(NC(=O)c2ccco2)cc1. The number of nitrogens with zero attached hydrogens (tertiary/aromatic N) is 1. The third kappa shape index (κ3) is 4.38. The molecule has 0 spiro atoms. The molecule has 0 radical (unpaired) electrons.